The quantitative estimate of drug-likeness (QED) is 0.713. The monoisotopic (exact) mass is 178 g/mol. The summed E-state index contributed by atoms with van der Waals surface area (Å²) in [7, 11) is 0. The second kappa shape index (κ2) is 3.15. The van der Waals surface area contributed by atoms with Gasteiger partial charge in [0.2, 0.25) is 0 Å². The maximum Gasteiger partial charge on any atom is 0.129 e. The second-order valence-electron chi connectivity index (χ2n) is 3.30. The molecule has 1 rings (SSSR count). The van der Waals surface area contributed by atoms with E-state index < -0.39 is 11.4 Å². The zero-order valence-electron chi connectivity index (χ0n) is 7.63. The highest BCUT2D eigenvalue weighted by molar-refractivity contribution is 5.34. The SMILES string of the molecule is Cc1ccc(F)c([C@](C)(N)C#N)c1. The number of nitrogens with two attached hydrogens (primary N) is 1. The molecular weight excluding hydrogens is 167 g/mol. The standard InChI is InChI=1S/C10H11FN2/c1-7-3-4-9(11)8(5-7)10(2,13)6-12/h3-5H,13H2,1-2H3/t10-/m1/s1. The highest BCUT2D eigenvalue weighted by Gasteiger charge is 2.23. The van der Waals surface area contributed by atoms with Gasteiger partial charge in [0.05, 0.1) is 6.07 Å². The normalized spacial score (nSPS) is 14.7. The summed E-state index contributed by atoms with van der Waals surface area (Å²) in [5, 5.41) is 8.72. The van der Waals surface area contributed by atoms with E-state index in [0.29, 0.717) is 0 Å². The lowest BCUT2D eigenvalue weighted by molar-refractivity contribution is 0.550. The Morgan fingerprint density at radius 1 is 1.54 bits per heavy atom. The molecule has 2 N–H and O–H groups in total. The van der Waals surface area contributed by atoms with Crippen molar-refractivity contribution in [2.45, 2.75) is 19.4 Å². The van der Waals surface area contributed by atoms with E-state index in [-0.39, 0.29) is 5.56 Å². The van der Waals surface area contributed by atoms with Gasteiger partial charge in [-0.1, -0.05) is 17.7 Å². The van der Waals surface area contributed by atoms with Gasteiger partial charge in [-0.25, -0.2) is 4.39 Å². The first-order valence-electron chi connectivity index (χ1n) is 3.94. The van der Waals surface area contributed by atoms with Crippen molar-refractivity contribution in [3.05, 3.63) is 35.1 Å². The van der Waals surface area contributed by atoms with E-state index in [0.717, 1.165) is 5.56 Å². The maximum atomic E-state index is 13.2. The zero-order chi connectivity index (χ0) is 10.1. The molecule has 0 heterocycles. The van der Waals surface area contributed by atoms with Crippen LogP contribution in [0.4, 0.5) is 4.39 Å². The van der Waals surface area contributed by atoms with Crippen LogP contribution in [0.25, 0.3) is 0 Å². The molecule has 0 aliphatic heterocycles. The van der Waals surface area contributed by atoms with E-state index in [2.05, 4.69) is 0 Å². The van der Waals surface area contributed by atoms with Crippen molar-refractivity contribution in [2.75, 3.05) is 0 Å². The highest BCUT2D eigenvalue weighted by Crippen LogP contribution is 2.21. The first kappa shape index (κ1) is 9.69. The van der Waals surface area contributed by atoms with E-state index in [9.17, 15) is 4.39 Å². The van der Waals surface area contributed by atoms with Crippen molar-refractivity contribution in [1.29, 1.82) is 5.26 Å². The van der Waals surface area contributed by atoms with Gasteiger partial charge in [0.25, 0.3) is 0 Å². The fourth-order valence-corrected chi connectivity index (χ4v) is 1.10. The number of hydrogen-bond acceptors (Lipinski definition) is 2. The van der Waals surface area contributed by atoms with Crippen LogP contribution in [0.5, 0.6) is 0 Å². The fraction of sp³-hybridized carbons (Fsp3) is 0.300. The number of nitrogens with zero attached hydrogens (tertiary/aromatic N) is 1. The lowest BCUT2D eigenvalue weighted by atomic mass is 9.93. The molecule has 1 aromatic rings. The van der Waals surface area contributed by atoms with E-state index in [1.54, 1.807) is 12.1 Å². The smallest absolute Gasteiger partial charge is 0.129 e. The third-order valence-corrected chi connectivity index (χ3v) is 1.91. The van der Waals surface area contributed by atoms with E-state index in [1.807, 2.05) is 13.0 Å². The minimum absolute atomic E-state index is 0.245. The third kappa shape index (κ3) is 1.85. The zero-order valence-corrected chi connectivity index (χ0v) is 7.63. The summed E-state index contributed by atoms with van der Waals surface area (Å²) in [6, 6.07) is 6.43. The van der Waals surface area contributed by atoms with Gasteiger partial charge in [-0.15, -0.1) is 0 Å². The van der Waals surface area contributed by atoms with Crippen LogP contribution < -0.4 is 5.73 Å². The lowest BCUT2D eigenvalue weighted by Gasteiger charge is -2.16. The van der Waals surface area contributed by atoms with Gasteiger partial charge in [0.15, 0.2) is 0 Å². The molecule has 0 aromatic heterocycles. The third-order valence-electron chi connectivity index (χ3n) is 1.91. The van der Waals surface area contributed by atoms with Crippen LogP contribution in [0.3, 0.4) is 0 Å². The van der Waals surface area contributed by atoms with Crippen LogP contribution in [0, 0.1) is 24.1 Å². The summed E-state index contributed by atoms with van der Waals surface area (Å²) in [6.45, 7) is 3.32. The summed E-state index contributed by atoms with van der Waals surface area (Å²) < 4.78 is 13.2. The van der Waals surface area contributed by atoms with Crippen LogP contribution in [-0.4, -0.2) is 0 Å². The number of hydrogen-bond donors (Lipinski definition) is 1. The van der Waals surface area contributed by atoms with Gasteiger partial charge < -0.3 is 5.73 Å². The first-order valence-corrected chi connectivity index (χ1v) is 3.94. The Hall–Kier alpha value is -1.40. The van der Waals surface area contributed by atoms with Crippen molar-refractivity contribution < 1.29 is 4.39 Å². The largest absolute Gasteiger partial charge is 0.310 e. The Kier molecular flexibility index (Phi) is 2.35. The molecule has 0 fully saturated rings. The van der Waals surface area contributed by atoms with Crippen molar-refractivity contribution in [1.82, 2.24) is 0 Å². The van der Waals surface area contributed by atoms with Crippen LogP contribution in [0.15, 0.2) is 18.2 Å². The van der Waals surface area contributed by atoms with Crippen molar-refractivity contribution in [3.63, 3.8) is 0 Å². The molecule has 0 saturated carbocycles. The molecule has 13 heavy (non-hydrogen) atoms. The van der Waals surface area contributed by atoms with Crippen molar-refractivity contribution in [3.8, 4) is 6.07 Å². The number of aryl methyl sites for hydroxylation is 1. The molecule has 0 bridgehead atoms. The van der Waals surface area contributed by atoms with E-state index in [1.165, 1.54) is 13.0 Å². The van der Waals surface area contributed by atoms with Gasteiger partial charge >= 0.3 is 0 Å². The average Bonchev–Trinajstić information content (AvgIpc) is 2.09. The van der Waals surface area contributed by atoms with Crippen molar-refractivity contribution >= 4 is 0 Å². The molecule has 1 aromatic carbocycles. The number of rotatable bonds is 1. The van der Waals surface area contributed by atoms with E-state index in [4.69, 9.17) is 11.0 Å². The molecule has 0 spiro atoms. The Labute approximate surface area is 76.8 Å². The molecule has 1 atom stereocenters. The van der Waals surface area contributed by atoms with Gasteiger partial charge in [-0.05, 0) is 19.9 Å². The van der Waals surface area contributed by atoms with Gasteiger partial charge in [0, 0.05) is 5.56 Å². The van der Waals surface area contributed by atoms with Crippen LogP contribution in [0.2, 0.25) is 0 Å². The molecule has 68 valence electrons. The Morgan fingerprint density at radius 2 is 2.15 bits per heavy atom. The molecule has 0 aliphatic rings. The molecule has 0 aliphatic carbocycles. The van der Waals surface area contributed by atoms with Crippen LogP contribution in [-0.2, 0) is 5.54 Å². The molecule has 0 radical (unpaired) electrons. The number of benzene rings is 1. The van der Waals surface area contributed by atoms with Gasteiger partial charge in [-0.2, -0.15) is 5.26 Å². The van der Waals surface area contributed by atoms with Crippen LogP contribution in [0.1, 0.15) is 18.1 Å². The Morgan fingerprint density at radius 3 is 2.69 bits per heavy atom. The van der Waals surface area contributed by atoms with E-state index >= 15 is 0 Å². The van der Waals surface area contributed by atoms with Crippen LogP contribution >= 0.6 is 0 Å². The molecule has 0 amide bonds. The summed E-state index contributed by atoms with van der Waals surface area (Å²) in [5.41, 5.74) is 5.49. The van der Waals surface area contributed by atoms with Crippen molar-refractivity contribution in [2.24, 2.45) is 5.73 Å². The molecule has 0 unspecified atom stereocenters. The molecule has 3 heteroatoms. The average molecular weight is 178 g/mol. The lowest BCUT2D eigenvalue weighted by Crippen LogP contribution is -2.32. The minimum Gasteiger partial charge on any atom is -0.310 e. The summed E-state index contributed by atoms with van der Waals surface area (Å²) in [6.07, 6.45) is 0. The molecule has 0 saturated heterocycles. The minimum atomic E-state index is -1.25. The second-order valence-corrected chi connectivity index (χ2v) is 3.30. The summed E-state index contributed by atoms with van der Waals surface area (Å²) >= 11 is 0. The molecular formula is C10H11FN2. The van der Waals surface area contributed by atoms with Gasteiger partial charge in [0.1, 0.15) is 11.4 Å². The maximum absolute atomic E-state index is 13.2. The Balaban J connectivity index is 3.30. The number of halogens is 1. The fourth-order valence-electron chi connectivity index (χ4n) is 1.10. The molecule has 2 nitrogen and oxygen atoms in total. The Bertz CT molecular complexity index is 364. The summed E-state index contributed by atoms with van der Waals surface area (Å²) in [4.78, 5) is 0. The number of nitriles is 1. The highest BCUT2D eigenvalue weighted by atomic mass is 19.1. The summed E-state index contributed by atoms with van der Waals surface area (Å²) in [5.74, 6) is -0.433. The first-order chi connectivity index (χ1) is 5.97. The van der Waals surface area contributed by atoms with Gasteiger partial charge in [-0.3, -0.25) is 0 Å². The predicted molar refractivity (Wildman–Crippen MR) is 48.3 cm³/mol. The topological polar surface area (TPSA) is 49.8 Å². The predicted octanol–water partition coefficient (Wildman–Crippen LogP) is 1.83.